The van der Waals surface area contributed by atoms with Gasteiger partial charge in [-0.2, -0.15) is 9.97 Å². The summed E-state index contributed by atoms with van der Waals surface area (Å²) in [4.78, 5) is 42.7. The lowest BCUT2D eigenvalue weighted by Crippen LogP contribution is -2.41. The minimum absolute atomic E-state index is 0. The molecule has 6 aromatic heterocycles. The van der Waals surface area contributed by atoms with Gasteiger partial charge in [-0.15, -0.1) is 11.6 Å². The van der Waals surface area contributed by atoms with Crippen LogP contribution in [-0.4, -0.2) is 140 Å². The van der Waals surface area contributed by atoms with E-state index in [1.54, 1.807) is 71.4 Å². The maximum Gasteiger partial charge on any atom is 0.236 e. The molecule has 11 heterocycles. The Morgan fingerprint density at radius 3 is 1.57 bits per heavy atom. The quantitative estimate of drug-likeness (QED) is 0.0492. The predicted molar refractivity (Wildman–Crippen MR) is 317 cm³/mol. The van der Waals surface area contributed by atoms with Crippen LogP contribution in [0.15, 0.2) is 129 Å². The normalized spacial score (nSPS) is 17.5. The minimum atomic E-state index is 0. The summed E-state index contributed by atoms with van der Waals surface area (Å²) in [6.45, 7) is 5.59. The van der Waals surface area contributed by atoms with Gasteiger partial charge >= 0.3 is 0 Å². The maximum absolute atomic E-state index is 9.22. The van der Waals surface area contributed by atoms with Gasteiger partial charge in [-0.3, -0.25) is 13.7 Å². The van der Waals surface area contributed by atoms with E-state index in [0.29, 0.717) is 80.4 Å². The number of benzene rings is 2. The van der Waals surface area contributed by atoms with Crippen LogP contribution in [0.25, 0.3) is 17.8 Å². The number of hydrogen-bond acceptors (Lipinski definition) is 19. The lowest BCUT2D eigenvalue weighted by Gasteiger charge is -2.36. The van der Waals surface area contributed by atoms with E-state index in [2.05, 4.69) is 55.0 Å². The molecule has 3 unspecified atom stereocenters. The highest BCUT2D eigenvalue weighted by atomic mass is 35.5. The lowest BCUT2D eigenvalue weighted by molar-refractivity contribution is 0.111. The number of fused-ring (bicyclic) bond motifs is 2. The fraction of sp³-hybridized carbons (Fsp3) is 0.441. The van der Waals surface area contributed by atoms with Crippen molar-refractivity contribution < 1.29 is 33.9 Å². The fourth-order valence-electron chi connectivity index (χ4n) is 9.97. The number of aliphatic hydroxyl groups excluding tert-OH is 2. The van der Waals surface area contributed by atoms with E-state index >= 15 is 0 Å². The Labute approximate surface area is 494 Å². The Hall–Kier alpha value is -7.47. The number of aromatic nitrogens is 12. The van der Waals surface area contributed by atoms with Crippen molar-refractivity contribution >= 4 is 34.8 Å². The van der Waals surface area contributed by atoms with Gasteiger partial charge in [-0.25, -0.2) is 34.9 Å². The average Bonchev–Trinajstić information content (AvgIpc) is 4.48. The van der Waals surface area contributed by atoms with Gasteiger partial charge in [-0.05, 0) is 131 Å². The first-order chi connectivity index (χ1) is 40.4. The van der Waals surface area contributed by atoms with Crippen molar-refractivity contribution in [3.05, 3.63) is 146 Å². The highest BCUT2D eigenvalue weighted by Gasteiger charge is 2.26. The Balaban J connectivity index is 0.000000146. The van der Waals surface area contributed by atoms with Crippen LogP contribution in [0.2, 0.25) is 5.15 Å². The van der Waals surface area contributed by atoms with Gasteiger partial charge in [-0.1, -0.05) is 37.6 Å². The van der Waals surface area contributed by atoms with Crippen LogP contribution in [0.3, 0.4) is 0 Å². The first-order valence-electron chi connectivity index (χ1n) is 27.9. The number of imidazole rings is 3. The number of aliphatic hydroxyl groups is 2. The first-order valence-corrected chi connectivity index (χ1v) is 28.8. The molecule has 442 valence electrons. The largest absolute Gasteiger partial charge is 0.454 e. The molecule has 5 aliphatic heterocycles. The molecule has 3 saturated heterocycles. The number of hydrogen-bond donors (Lipinski definition) is 3. The first kappa shape index (κ1) is 61.6. The maximum atomic E-state index is 9.22. The molecule has 0 spiro atoms. The molecule has 3 atom stereocenters. The zero-order valence-corrected chi connectivity index (χ0v) is 47.4. The van der Waals surface area contributed by atoms with Crippen molar-refractivity contribution in [1.82, 2.24) is 63.9 Å². The number of piperidine rings is 3. The van der Waals surface area contributed by atoms with Crippen molar-refractivity contribution in [2.24, 2.45) is 0 Å². The van der Waals surface area contributed by atoms with Crippen molar-refractivity contribution in [2.75, 3.05) is 62.8 Å². The van der Waals surface area contributed by atoms with Crippen molar-refractivity contribution in [3.8, 4) is 40.8 Å². The minimum Gasteiger partial charge on any atom is -0.454 e. The van der Waals surface area contributed by atoms with E-state index in [4.69, 9.17) is 57.0 Å². The van der Waals surface area contributed by atoms with Gasteiger partial charge in [0.25, 0.3) is 0 Å². The number of rotatable bonds is 15. The number of anilines is 2. The van der Waals surface area contributed by atoms with Crippen LogP contribution in [0.4, 0.5) is 11.6 Å². The van der Waals surface area contributed by atoms with Crippen molar-refractivity contribution in [2.45, 2.75) is 115 Å². The third-order valence-electron chi connectivity index (χ3n) is 14.2. The smallest absolute Gasteiger partial charge is 0.236 e. The number of nitrogens with one attached hydrogen (secondary N) is 1. The van der Waals surface area contributed by atoms with Crippen LogP contribution in [0, 0.1) is 0 Å². The summed E-state index contributed by atoms with van der Waals surface area (Å²) in [6.07, 6.45) is 34.4. The van der Waals surface area contributed by atoms with Crippen LogP contribution in [0.1, 0.15) is 95.6 Å². The van der Waals surface area contributed by atoms with E-state index < -0.39 is 0 Å². The second-order valence-corrected chi connectivity index (χ2v) is 20.4. The van der Waals surface area contributed by atoms with E-state index in [1.807, 2.05) is 71.7 Å². The molecule has 2 aromatic carbocycles. The summed E-state index contributed by atoms with van der Waals surface area (Å²) in [5.74, 6) is 7.42. The van der Waals surface area contributed by atoms with E-state index in [9.17, 15) is 5.11 Å². The summed E-state index contributed by atoms with van der Waals surface area (Å²) < 4.78 is 32.4. The second kappa shape index (κ2) is 33.0. The van der Waals surface area contributed by atoms with E-state index in [1.165, 1.54) is 44.9 Å². The second-order valence-electron chi connectivity index (χ2n) is 19.7. The SMILES string of the molecule is C.ClCc1ccc2c(c1)OCO2.Clc1ccnc(-n2ccnc2)n1.OCCC1CCCCN1.OCCC1CCCCN1c1ccnc(-n2ccnc2)n1.c1cn(-c2nccc(N3CCCCC3CCOCc3ccc4c(c3)OCO4)n2)cn1. The van der Waals surface area contributed by atoms with Crippen molar-refractivity contribution in [1.29, 1.82) is 0 Å². The highest BCUT2D eigenvalue weighted by molar-refractivity contribution is 6.29. The highest BCUT2D eigenvalue weighted by Crippen LogP contribution is 2.34. The Bertz CT molecular complexity index is 3100. The Kier molecular flexibility index (Phi) is 24.5. The summed E-state index contributed by atoms with van der Waals surface area (Å²) >= 11 is 11.3. The fourth-order valence-corrected chi connectivity index (χ4v) is 10.3. The number of nitrogens with zero attached hydrogens (tertiary/aromatic N) is 14. The van der Waals surface area contributed by atoms with Crippen LogP contribution in [0.5, 0.6) is 23.0 Å². The van der Waals surface area contributed by atoms with E-state index in [0.717, 1.165) is 97.5 Å². The molecule has 0 amide bonds. The van der Waals surface area contributed by atoms with Gasteiger partial charge in [0, 0.05) is 113 Å². The van der Waals surface area contributed by atoms with Gasteiger partial charge in [0.15, 0.2) is 23.0 Å². The van der Waals surface area contributed by atoms with Crippen molar-refractivity contribution in [3.63, 3.8) is 0 Å². The molecular formula is C59H75Cl2N15O7. The monoisotopic (exact) mass is 1180 g/mol. The number of alkyl halides is 1. The van der Waals surface area contributed by atoms with Crippen LogP contribution >= 0.6 is 23.2 Å². The topological polar surface area (TPSA) is 236 Å². The Morgan fingerprint density at radius 2 is 1.06 bits per heavy atom. The standard InChI is InChI=1S/C22H25N5O3.C14H19N5O.C8H7ClO2.C7H5ClN4.C7H15NO.CH4/c1-2-10-27(21-6-8-24-22(25-21)26-11-9-23-15-26)18(3-1)7-12-28-14-17-4-5-19-20(13-17)30-16-29-19;20-10-5-12-3-1-2-8-19(12)13-4-6-16-14(17-13)18-9-7-15-11-18;9-4-6-1-2-7-8(3-6)11-5-10-7;8-6-1-2-10-7(11-6)12-4-3-9-5-12;9-6-4-7-3-1-2-5-8-7;/h4-6,8-9,11,13,15,18H,1-3,7,10,12,14,16H2;4,6-7,9,11-12,20H,1-3,5,8,10H2;1-3H,4-5H2;1-5H;7-9H,1-6H2;1H4. The molecule has 5 aliphatic rings. The third-order valence-corrected chi connectivity index (χ3v) is 14.7. The number of ether oxygens (including phenoxy) is 5. The molecule has 0 aliphatic carbocycles. The molecule has 0 bridgehead atoms. The van der Waals surface area contributed by atoms with Gasteiger partial charge < -0.3 is 49.0 Å². The zero-order valence-electron chi connectivity index (χ0n) is 45.9. The average molecular weight is 1180 g/mol. The summed E-state index contributed by atoms with van der Waals surface area (Å²) in [7, 11) is 0. The molecule has 8 aromatic rings. The molecular weight excluding hydrogens is 1100 g/mol. The third kappa shape index (κ3) is 18.3. The summed E-state index contributed by atoms with van der Waals surface area (Å²) in [5, 5.41) is 21.6. The summed E-state index contributed by atoms with van der Waals surface area (Å²) in [5.41, 5.74) is 2.15. The molecule has 3 fully saturated rings. The van der Waals surface area contributed by atoms with Gasteiger partial charge in [0.2, 0.25) is 31.4 Å². The molecule has 22 nitrogen and oxygen atoms in total. The van der Waals surface area contributed by atoms with E-state index in [-0.39, 0.29) is 14.0 Å². The molecule has 24 heteroatoms. The van der Waals surface area contributed by atoms with Crippen LogP contribution < -0.4 is 34.1 Å². The number of halogens is 2. The Morgan fingerprint density at radius 1 is 0.554 bits per heavy atom. The molecule has 3 N–H and O–H groups in total. The van der Waals surface area contributed by atoms with Gasteiger partial charge in [0.05, 0.1) is 6.61 Å². The molecule has 0 saturated carbocycles. The summed E-state index contributed by atoms with van der Waals surface area (Å²) in [6, 6.07) is 18.6. The molecule has 13 rings (SSSR count). The molecule has 83 heavy (non-hydrogen) atoms. The lowest BCUT2D eigenvalue weighted by atomic mass is 9.99. The predicted octanol–water partition coefficient (Wildman–Crippen LogP) is 9.38. The van der Waals surface area contributed by atoms with Crippen LogP contribution in [-0.2, 0) is 17.2 Å². The van der Waals surface area contributed by atoms with Gasteiger partial charge in [0.1, 0.15) is 35.8 Å². The molecule has 0 radical (unpaired) electrons. The zero-order chi connectivity index (χ0) is 56.6.